The van der Waals surface area contributed by atoms with E-state index in [1.165, 1.54) is 12.1 Å². The van der Waals surface area contributed by atoms with Crippen molar-refractivity contribution in [3.05, 3.63) is 76.2 Å². The number of hydrogen-bond donors (Lipinski definition) is 1. The Morgan fingerprint density at radius 1 is 1.12 bits per heavy atom. The van der Waals surface area contributed by atoms with Crippen LogP contribution in [0.2, 0.25) is 5.02 Å². The molecule has 0 aliphatic carbocycles. The summed E-state index contributed by atoms with van der Waals surface area (Å²) in [5.74, 6) is 0.471. The lowest BCUT2D eigenvalue weighted by Crippen LogP contribution is -2.30. The van der Waals surface area contributed by atoms with Gasteiger partial charge in [0.1, 0.15) is 11.5 Å². The topological polar surface area (TPSA) is 59.6 Å². The summed E-state index contributed by atoms with van der Waals surface area (Å²) in [4.78, 5) is 9.91. The molecule has 5 nitrogen and oxygen atoms in total. The molecule has 1 atom stereocenters. The first-order valence-corrected chi connectivity index (χ1v) is 9.79. The minimum absolute atomic E-state index is 0.204. The van der Waals surface area contributed by atoms with Crippen LogP contribution in [0.25, 0.3) is 0 Å². The number of phosphoric ester groups is 1. The highest BCUT2D eigenvalue weighted by molar-refractivity contribution is 7.48. The van der Waals surface area contributed by atoms with Crippen LogP contribution in [0.3, 0.4) is 0 Å². The van der Waals surface area contributed by atoms with Crippen LogP contribution in [0, 0.1) is 0 Å². The molecule has 0 fully saturated rings. The van der Waals surface area contributed by atoms with E-state index in [1.807, 2.05) is 27.7 Å². The van der Waals surface area contributed by atoms with Gasteiger partial charge in [0.15, 0.2) is 12.7 Å². The molecular weight excluding hydrogens is 369 g/mol. The van der Waals surface area contributed by atoms with Crippen LogP contribution in [0.4, 0.5) is 0 Å². The van der Waals surface area contributed by atoms with Crippen LogP contribution in [0.5, 0.6) is 11.5 Å². The average Bonchev–Trinajstić information content (AvgIpc) is 3.02. The van der Waals surface area contributed by atoms with Crippen LogP contribution in [-0.4, -0.2) is 4.89 Å². The Labute approximate surface area is 148 Å². The maximum Gasteiger partial charge on any atom is 0.584 e. The summed E-state index contributed by atoms with van der Waals surface area (Å²) in [7, 11) is -4.29. The molecule has 1 aromatic heterocycles. The zero-order valence-corrected chi connectivity index (χ0v) is 14.9. The van der Waals surface area contributed by atoms with Gasteiger partial charge in [0.05, 0.1) is 5.38 Å². The molecule has 0 saturated heterocycles. The molecule has 8 heteroatoms. The third-order valence-corrected chi connectivity index (χ3v) is 4.85. The van der Waals surface area contributed by atoms with Crippen molar-refractivity contribution in [2.24, 2.45) is 0 Å². The number of rotatable bonds is 6. The van der Waals surface area contributed by atoms with E-state index in [-0.39, 0.29) is 11.5 Å². The molecule has 3 rings (SSSR count). The zero-order chi connectivity index (χ0) is 17.0. The van der Waals surface area contributed by atoms with Crippen LogP contribution < -0.4 is 13.6 Å². The largest absolute Gasteiger partial charge is 0.584 e. The molecule has 0 saturated carbocycles. The van der Waals surface area contributed by atoms with Crippen molar-refractivity contribution in [3.8, 4) is 11.5 Å². The van der Waals surface area contributed by atoms with Gasteiger partial charge in [-0.05, 0) is 36.4 Å². The summed E-state index contributed by atoms with van der Waals surface area (Å²) in [5, 5.41) is 2.48. The second kappa shape index (κ2) is 7.36. The number of thiazole rings is 1. The van der Waals surface area contributed by atoms with E-state index in [0.717, 1.165) is 5.56 Å². The van der Waals surface area contributed by atoms with E-state index in [4.69, 9.17) is 20.6 Å². The Hall–Kier alpha value is -1.85. The molecule has 2 aromatic carbocycles. The molecule has 0 amide bonds. The summed E-state index contributed by atoms with van der Waals surface area (Å²) in [6, 6.07) is 13.1. The van der Waals surface area contributed by atoms with Crippen LogP contribution in [-0.2, 0) is 11.1 Å². The molecule has 1 N–H and O–H groups in total. The molecule has 0 aliphatic heterocycles. The fourth-order valence-electron chi connectivity index (χ4n) is 2.04. The quantitative estimate of drug-likeness (QED) is 0.510. The average molecular weight is 383 g/mol. The second-order valence-corrected chi connectivity index (χ2v) is 7.45. The normalized spacial score (nSPS) is 13.2. The van der Waals surface area contributed by atoms with E-state index in [2.05, 4.69) is 0 Å². The van der Waals surface area contributed by atoms with Crippen molar-refractivity contribution in [1.29, 1.82) is 0 Å². The van der Waals surface area contributed by atoms with Crippen molar-refractivity contribution >= 4 is 30.8 Å². The molecule has 124 valence electrons. The van der Waals surface area contributed by atoms with Gasteiger partial charge in [0, 0.05) is 10.6 Å². The van der Waals surface area contributed by atoms with Crippen molar-refractivity contribution in [2.75, 3.05) is 0 Å². The van der Waals surface area contributed by atoms with Crippen LogP contribution in [0.1, 0.15) is 5.56 Å². The highest BCUT2D eigenvalue weighted by atomic mass is 35.5. The standard InChI is InChI=1S/C16H13ClNO4PS/c17-14-4-6-15(7-5-14)21-23(19,20)22-16-3-1-2-13(10-16)11-18-8-9-24-12-18/h1-10,12H,11H2/p+1. The highest BCUT2D eigenvalue weighted by Crippen LogP contribution is 2.44. The lowest BCUT2D eigenvalue weighted by atomic mass is 10.2. The molecule has 1 heterocycles. The number of hydrogen-bond acceptors (Lipinski definition) is 4. The van der Waals surface area contributed by atoms with E-state index < -0.39 is 7.82 Å². The summed E-state index contributed by atoms with van der Waals surface area (Å²) in [6.07, 6.45) is 1.96. The van der Waals surface area contributed by atoms with E-state index >= 15 is 0 Å². The number of nitrogens with zero attached hydrogens (tertiary/aromatic N) is 1. The van der Waals surface area contributed by atoms with Crippen molar-refractivity contribution in [3.63, 3.8) is 0 Å². The van der Waals surface area contributed by atoms with E-state index in [1.54, 1.807) is 41.7 Å². The van der Waals surface area contributed by atoms with Gasteiger partial charge in [-0.1, -0.05) is 35.1 Å². The van der Waals surface area contributed by atoms with Crippen LogP contribution in [0.15, 0.2) is 65.6 Å². The minimum Gasteiger partial charge on any atom is -0.395 e. The second-order valence-electron chi connectivity index (χ2n) is 4.95. The Morgan fingerprint density at radius 3 is 2.58 bits per heavy atom. The Kier molecular flexibility index (Phi) is 5.21. The maximum atomic E-state index is 12.1. The predicted octanol–water partition coefficient (Wildman–Crippen LogP) is 4.30. The third-order valence-electron chi connectivity index (χ3n) is 3.05. The Morgan fingerprint density at radius 2 is 1.88 bits per heavy atom. The van der Waals surface area contributed by atoms with E-state index in [9.17, 15) is 9.46 Å². The summed E-state index contributed by atoms with van der Waals surface area (Å²) < 4.78 is 24.3. The first-order valence-electron chi connectivity index (χ1n) is 6.98. The van der Waals surface area contributed by atoms with E-state index in [0.29, 0.717) is 11.6 Å². The fraction of sp³-hybridized carbons (Fsp3) is 0.0625. The highest BCUT2D eigenvalue weighted by Gasteiger charge is 2.25. The van der Waals surface area contributed by atoms with Gasteiger partial charge in [0.2, 0.25) is 5.51 Å². The molecule has 0 aliphatic rings. The Bertz CT molecular complexity index is 855. The lowest BCUT2D eigenvalue weighted by molar-refractivity contribution is -0.683. The van der Waals surface area contributed by atoms with Gasteiger partial charge >= 0.3 is 7.82 Å². The zero-order valence-electron chi connectivity index (χ0n) is 12.4. The first-order chi connectivity index (χ1) is 11.5. The van der Waals surface area contributed by atoms with Gasteiger partial charge in [0.25, 0.3) is 0 Å². The maximum absolute atomic E-state index is 12.1. The van der Waals surface area contributed by atoms with Crippen LogP contribution >= 0.6 is 30.8 Å². The Balaban J connectivity index is 1.70. The molecule has 1 unspecified atom stereocenters. The first kappa shape index (κ1) is 17.0. The smallest absolute Gasteiger partial charge is 0.395 e. The lowest BCUT2D eigenvalue weighted by Gasteiger charge is -2.14. The molecular formula is C16H14ClNO4PS+. The van der Waals surface area contributed by atoms with Gasteiger partial charge in [-0.25, -0.2) is 4.57 Å². The van der Waals surface area contributed by atoms with Crippen molar-refractivity contribution in [1.82, 2.24) is 0 Å². The third kappa shape index (κ3) is 4.82. The van der Waals surface area contributed by atoms with Gasteiger partial charge < -0.3 is 9.05 Å². The van der Waals surface area contributed by atoms with Gasteiger partial charge in [-0.2, -0.15) is 4.57 Å². The van der Waals surface area contributed by atoms with Gasteiger partial charge in [-0.15, -0.1) is 0 Å². The molecule has 0 radical (unpaired) electrons. The SMILES string of the molecule is O=P(O)(Oc1ccc(Cl)cc1)Oc1cccc(C[n+]2ccsc2)c1. The number of phosphoric acid groups is 1. The predicted molar refractivity (Wildman–Crippen MR) is 92.6 cm³/mol. The summed E-state index contributed by atoms with van der Waals surface area (Å²) in [6.45, 7) is 0.647. The fourth-order valence-corrected chi connectivity index (χ4v) is 3.57. The number of aromatic nitrogens is 1. The number of halogens is 1. The van der Waals surface area contributed by atoms with Gasteiger partial charge in [-0.3, -0.25) is 4.89 Å². The molecule has 0 bridgehead atoms. The molecule has 3 aromatic rings. The monoisotopic (exact) mass is 382 g/mol. The number of benzene rings is 2. The summed E-state index contributed by atoms with van der Waals surface area (Å²) in [5.41, 5.74) is 2.93. The summed E-state index contributed by atoms with van der Waals surface area (Å²) >= 11 is 7.36. The van der Waals surface area contributed by atoms with Crippen molar-refractivity contribution in [2.45, 2.75) is 6.54 Å². The minimum atomic E-state index is -4.29. The van der Waals surface area contributed by atoms with Crippen molar-refractivity contribution < 1.29 is 23.1 Å². The molecule has 24 heavy (non-hydrogen) atoms. The molecule has 0 spiro atoms.